The number of aliphatic hydroxyl groups is 1. The summed E-state index contributed by atoms with van der Waals surface area (Å²) in [6, 6.07) is 6.68. The molecule has 0 radical (unpaired) electrons. The summed E-state index contributed by atoms with van der Waals surface area (Å²) in [7, 11) is 0. The molecule has 3 nitrogen and oxygen atoms in total. The third kappa shape index (κ3) is 3.71. The molecule has 0 aromatic heterocycles. The van der Waals surface area contributed by atoms with Crippen LogP contribution in [0.15, 0.2) is 24.3 Å². The fourth-order valence-electron chi connectivity index (χ4n) is 1.33. The van der Waals surface area contributed by atoms with E-state index in [-0.39, 0.29) is 13.2 Å². The Bertz CT molecular complexity index is 307. The zero-order chi connectivity index (χ0) is 11.3. The maximum Gasteiger partial charge on any atom is 0.255 e. The van der Waals surface area contributed by atoms with Gasteiger partial charge in [-0.25, -0.2) is 8.78 Å². The van der Waals surface area contributed by atoms with Gasteiger partial charge in [-0.3, -0.25) is 0 Å². The van der Waals surface area contributed by atoms with Gasteiger partial charge in [-0.2, -0.15) is 0 Å². The van der Waals surface area contributed by atoms with E-state index in [1.165, 1.54) is 4.90 Å². The SMILES string of the molecule is Nc1cccc(N(CCO)CC(F)F)c1. The Hall–Kier alpha value is -1.36. The van der Waals surface area contributed by atoms with Crippen LogP contribution in [0.5, 0.6) is 0 Å². The molecule has 0 spiro atoms. The quantitative estimate of drug-likeness (QED) is 0.730. The van der Waals surface area contributed by atoms with Crippen molar-refractivity contribution in [3.8, 4) is 0 Å². The van der Waals surface area contributed by atoms with Crippen molar-refractivity contribution in [1.82, 2.24) is 0 Å². The summed E-state index contributed by atoms with van der Waals surface area (Å²) in [5, 5.41) is 8.76. The van der Waals surface area contributed by atoms with Gasteiger partial charge >= 0.3 is 0 Å². The van der Waals surface area contributed by atoms with E-state index in [2.05, 4.69) is 0 Å². The predicted octanol–water partition coefficient (Wildman–Crippen LogP) is 1.33. The van der Waals surface area contributed by atoms with E-state index in [4.69, 9.17) is 10.8 Å². The Morgan fingerprint density at radius 3 is 2.67 bits per heavy atom. The van der Waals surface area contributed by atoms with Gasteiger partial charge in [0.05, 0.1) is 13.2 Å². The molecule has 0 amide bonds. The minimum Gasteiger partial charge on any atom is -0.399 e. The Morgan fingerprint density at radius 2 is 2.13 bits per heavy atom. The van der Waals surface area contributed by atoms with E-state index in [0.717, 1.165) is 0 Å². The van der Waals surface area contributed by atoms with Gasteiger partial charge in [0, 0.05) is 17.9 Å². The average molecular weight is 216 g/mol. The molecular weight excluding hydrogens is 202 g/mol. The summed E-state index contributed by atoms with van der Waals surface area (Å²) in [5.41, 5.74) is 6.67. The van der Waals surface area contributed by atoms with Gasteiger partial charge in [-0.15, -0.1) is 0 Å². The molecule has 0 aliphatic rings. The van der Waals surface area contributed by atoms with E-state index in [1.54, 1.807) is 24.3 Å². The van der Waals surface area contributed by atoms with Crippen LogP contribution in [0.3, 0.4) is 0 Å². The maximum atomic E-state index is 12.2. The van der Waals surface area contributed by atoms with Crippen LogP contribution in [0.4, 0.5) is 20.2 Å². The fourth-order valence-corrected chi connectivity index (χ4v) is 1.33. The summed E-state index contributed by atoms with van der Waals surface area (Å²) in [6.07, 6.45) is -2.43. The zero-order valence-corrected chi connectivity index (χ0v) is 8.24. The van der Waals surface area contributed by atoms with E-state index >= 15 is 0 Å². The summed E-state index contributed by atoms with van der Waals surface area (Å²) in [5.74, 6) is 0. The molecule has 1 aromatic carbocycles. The zero-order valence-electron chi connectivity index (χ0n) is 8.24. The van der Waals surface area contributed by atoms with Crippen molar-refractivity contribution in [1.29, 1.82) is 0 Å². The molecule has 1 rings (SSSR count). The third-order valence-electron chi connectivity index (χ3n) is 1.96. The second-order valence-electron chi connectivity index (χ2n) is 3.16. The summed E-state index contributed by atoms with van der Waals surface area (Å²) in [4.78, 5) is 1.40. The van der Waals surface area contributed by atoms with Gasteiger partial charge in [0.1, 0.15) is 0 Å². The van der Waals surface area contributed by atoms with Crippen LogP contribution < -0.4 is 10.6 Å². The van der Waals surface area contributed by atoms with Crippen molar-refractivity contribution >= 4 is 11.4 Å². The first-order valence-corrected chi connectivity index (χ1v) is 4.63. The topological polar surface area (TPSA) is 49.5 Å². The van der Waals surface area contributed by atoms with Crippen molar-refractivity contribution in [3.63, 3.8) is 0 Å². The number of nitrogens with zero attached hydrogens (tertiary/aromatic N) is 1. The number of nitrogens with two attached hydrogens (primary N) is 1. The number of aliphatic hydroxyl groups excluding tert-OH is 1. The van der Waals surface area contributed by atoms with Gasteiger partial charge in [-0.1, -0.05) is 6.07 Å². The highest BCUT2D eigenvalue weighted by Crippen LogP contribution is 2.18. The van der Waals surface area contributed by atoms with Crippen molar-refractivity contribution in [2.45, 2.75) is 6.43 Å². The molecule has 0 bridgehead atoms. The highest BCUT2D eigenvalue weighted by atomic mass is 19.3. The van der Waals surface area contributed by atoms with Crippen LogP contribution in [-0.4, -0.2) is 31.2 Å². The molecule has 0 unspecified atom stereocenters. The molecule has 15 heavy (non-hydrogen) atoms. The average Bonchev–Trinajstić information content (AvgIpc) is 2.16. The van der Waals surface area contributed by atoms with Crippen molar-refractivity contribution < 1.29 is 13.9 Å². The molecule has 0 aliphatic heterocycles. The summed E-state index contributed by atoms with van der Waals surface area (Å²) >= 11 is 0. The smallest absolute Gasteiger partial charge is 0.255 e. The number of rotatable bonds is 5. The lowest BCUT2D eigenvalue weighted by molar-refractivity contribution is 0.153. The molecule has 1 aromatic rings. The standard InChI is InChI=1S/C10H14F2N2O/c11-10(12)7-14(4-5-15)9-3-1-2-8(13)6-9/h1-3,6,10,15H,4-5,7,13H2. The van der Waals surface area contributed by atoms with E-state index in [9.17, 15) is 8.78 Å². The first-order valence-electron chi connectivity index (χ1n) is 4.63. The second-order valence-corrected chi connectivity index (χ2v) is 3.16. The second kappa shape index (κ2) is 5.50. The number of nitrogen functional groups attached to an aromatic ring is 1. The summed E-state index contributed by atoms with van der Waals surface area (Å²) < 4.78 is 24.5. The van der Waals surface area contributed by atoms with Gasteiger partial charge < -0.3 is 15.7 Å². The maximum absolute atomic E-state index is 12.2. The Balaban J connectivity index is 2.78. The molecule has 0 saturated heterocycles. The van der Waals surface area contributed by atoms with E-state index in [0.29, 0.717) is 11.4 Å². The first-order chi connectivity index (χ1) is 7.13. The molecule has 0 fully saturated rings. The highest BCUT2D eigenvalue weighted by Gasteiger charge is 2.12. The molecule has 3 N–H and O–H groups in total. The molecule has 0 aliphatic carbocycles. The third-order valence-corrected chi connectivity index (χ3v) is 1.96. The van der Waals surface area contributed by atoms with Crippen LogP contribution in [0.25, 0.3) is 0 Å². The number of alkyl halides is 2. The predicted molar refractivity (Wildman–Crippen MR) is 56.2 cm³/mol. The van der Waals surface area contributed by atoms with Gasteiger partial charge in [0.15, 0.2) is 0 Å². The van der Waals surface area contributed by atoms with E-state index in [1.807, 2.05) is 0 Å². The van der Waals surface area contributed by atoms with Gasteiger partial charge in [-0.05, 0) is 18.2 Å². The molecule has 84 valence electrons. The number of anilines is 2. The lowest BCUT2D eigenvalue weighted by Crippen LogP contribution is -2.31. The van der Waals surface area contributed by atoms with Crippen LogP contribution in [-0.2, 0) is 0 Å². The monoisotopic (exact) mass is 216 g/mol. The minimum absolute atomic E-state index is 0.165. The van der Waals surface area contributed by atoms with Crippen molar-refractivity contribution in [3.05, 3.63) is 24.3 Å². The molecular formula is C10H14F2N2O. The van der Waals surface area contributed by atoms with Gasteiger partial charge in [0.2, 0.25) is 0 Å². The fraction of sp³-hybridized carbons (Fsp3) is 0.400. The number of benzene rings is 1. The van der Waals surface area contributed by atoms with Crippen LogP contribution >= 0.6 is 0 Å². The van der Waals surface area contributed by atoms with Gasteiger partial charge in [0.25, 0.3) is 6.43 Å². The molecule has 0 atom stereocenters. The van der Waals surface area contributed by atoms with Crippen LogP contribution in [0.1, 0.15) is 0 Å². The van der Waals surface area contributed by atoms with E-state index < -0.39 is 13.0 Å². The number of hydrogen-bond acceptors (Lipinski definition) is 3. The minimum atomic E-state index is -2.43. The largest absolute Gasteiger partial charge is 0.399 e. The molecule has 0 saturated carbocycles. The van der Waals surface area contributed by atoms with Crippen molar-refractivity contribution in [2.75, 3.05) is 30.3 Å². The molecule has 0 heterocycles. The highest BCUT2D eigenvalue weighted by molar-refractivity contribution is 5.55. The van der Waals surface area contributed by atoms with Crippen LogP contribution in [0, 0.1) is 0 Å². The Labute approximate surface area is 87.1 Å². The number of halogens is 2. The van der Waals surface area contributed by atoms with Crippen LogP contribution in [0.2, 0.25) is 0 Å². The Kier molecular flexibility index (Phi) is 4.30. The Morgan fingerprint density at radius 1 is 1.40 bits per heavy atom. The normalized spacial score (nSPS) is 10.7. The first kappa shape index (κ1) is 11.7. The number of hydrogen-bond donors (Lipinski definition) is 2. The lowest BCUT2D eigenvalue weighted by atomic mass is 10.2. The van der Waals surface area contributed by atoms with Crippen molar-refractivity contribution in [2.24, 2.45) is 0 Å². The molecule has 5 heteroatoms. The lowest BCUT2D eigenvalue weighted by Gasteiger charge is -2.23. The summed E-state index contributed by atoms with van der Waals surface area (Å²) in [6.45, 7) is -0.390.